The molecule has 0 bridgehead atoms. The highest BCUT2D eigenvalue weighted by molar-refractivity contribution is 5.97. The highest BCUT2D eigenvalue weighted by atomic mass is 16.5. The first-order valence-electron chi connectivity index (χ1n) is 5.47. The van der Waals surface area contributed by atoms with Crippen LogP contribution in [0.25, 0.3) is 0 Å². The summed E-state index contributed by atoms with van der Waals surface area (Å²) in [6.45, 7) is 9.93. The van der Waals surface area contributed by atoms with Gasteiger partial charge in [0.05, 0.1) is 12.7 Å². The number of hydrogen-bond donors (Lipinski definition) is 0. The molecule has 0 N–H and O–H groups in total. The molecule has 0 aliphatic rings. The molecule has 16 heavy (non-hydrogen) atoms. The second-order valence-corrected chi connectivity index (χ2v) is 5.20. The summed E-state index contributed by atoms with van der Waals surface area (Å²) >= 11 is 0. The fourth-order valence-corrected chi connectivity index (χ4v) is 1.81. The van der Waals surface area contributed by atoms with Gasteiger partial charge in [-0.2, -0.15) is 0 Å². The molecule has 0 aliphatic carbocycles. The first-order chi connectivity index (χ1) is 7.27. The van der Waals surface area contributed by atoms with Gasteiger partial charge in [0.15, 0.2) is 5.78 Å². The molecule has 0 saturated heterocycles. The van der Waals surface area contributed by atoms with Gasteiger partial charge in [0.1, 0.15) is 5.75 Å². The van der Waals surface area contributed by atoms with Gasteiger partial charge in [0.25, 0.3) is 0 Å². The van der Waals surface area contributed by atoms with Crippen molar-refractivity contribution in [2.45, 2.75) is 40.0 Å². The molecule has 0 saturated carbocycles. The predicted octanol–water partition coefficient (Wildman–Crippen LogP) is 3.50. The summed E-state index contributed by atoms with van der Waals surface area (Å²) in [5.41, 5.74) is 2.82. The van der Waals surface area contributed by atoms with E-state index in [1.807, 2.05) is 13.0 Å². The lowest BCUT2D eigenvalue weighted by atomic mass is 9.83. The zero-order chi connectivity index (χ0) is 12.5. The van der Waals surface area contributed by atoms with Gasteiger partial charge in [0, 0.05) is 5.56 Å². The molecular formula is C14H20O2. The highest BCUT2D eigenvalue weighted by Crippen LogP contribution is 2.35. The van der Waals surface area contributed by atoms with Crippen molar-refractivity contribution < 1.29 is 9.53 Å². The Morgan fingerprint density at radius 3 is 2.19 bits per heavy atom. The van der Waals surface area contributed by atoms with Crippen molar-refractivity contribution in [3.8, 4) is 5.75 Å². The molecule has 2 nitrogen and oxygen atoms in total. The summed E-state index contributed by atoms with van der Waals surface area (Å²) in [6, 6.07) is 3.97. The number of hydrogen-bond acceptors (Lipinski definition) is 2. The third-order valence-corrected chi connectivity index (χ3v) is 2.62. The van der Waals surface area contributed by atoms with E-state index >= 15 is 0 Å². The maximum Gasteiger partial charge on any atom is 0.163 e. The molecule has 0 aliphatic heterocycles. The number of Topliss-reactive ketones (excluding diaryl/α,β-unsaturated/α-hetero) is 1. The van der Waals surface area contributed by atoms with E-state index in [9.17, 15) is 4.79 Å². The zero-order valence-corrected chi connectivity index (χ0v) is 11.0. The second kappa shape index (κ2) is 4.28. The SMILES string of the molecule is COc1c(C(C)=O)cc(C)cc1C(C)(C)C. The summed E-state index contributed by atoms with van der Waals surface area (Å²) in [5, 5.41) is 0. The van der Waals surface area contributed by atoms with Gasteiger partial charge in [-0.3, -0.25) is 4.79 Å². The van der Waals surface area contributed by atoms with Crippen molar-refractivity contribution in [3.05, 3.63) is 28.8 Å². The Bertz CT molecular complexity index is 411. The maximum atomic E-state index is 11.6. The summed E-state index contributed by atoms with van der Waals surface area (Å²) in [7, 11) is 1.62. The Kier molecular flexibility index (Phi) is 3.41. The molecule has 0 amide bonds. The number of ketones is 1. The smallest absolute Gasteiger partial charge is 0.163 e. The van der Waals surface area contributed by atoms with Gasteiger partial charge in [0.2, 0.25) is 0 Å². The first-order valence-corrected chi connectivity index (χ1v) is 5.47. The highest BCUT2D eigenvalue weighted by Gasteiger charge is 2.22. The molecule has 1 aromatic carbocycles. The van der Waals surface area contributed by atoms with E-state index in [-0.39, 0.29) is 11.2 Å². The van der Waals surface area contributed by atoms with Crippen molar-refractivity contribution in [2.75, 3.05) is 7.11 Å². The topological polar surface area (TPSA) is 26.3 Å². The van der Waals surface area contributed by atoms with Crippen molar-refractivity contribution in [3.63, 3.8) is 0 Å². The lowest BCUT2D eigenvalue weighted by Gasteiger charge is -2.24. The monoisotopic (exact) mass is 220 g/mol. The van der Waals surface area contributed by atoms with E-state index in [4.69, 9.17) is 4.74 Å². The Hall–Kier alpha value is -1.31. The standard InChI is InChI=1S/C14H20O2/c1-9-7-11(10(2)15)13(16-6)12(8-9)14(3,4)5/h7-8H,1-6H3. The molecule has 2 heteroatoms. The molecule has 1 rings (SSSR count). The number of carbonyl (C=O) groups is 1. The van der Waals surface area contributed by atoms with Gasteiger partial charge >= 0.3 is 0 Å². The predicted molar refractivity (Wildman–Crippen MR) is 66.4 cm³/mol. The van der Waals surface area contributed by atoms with Crippen LogP contribution in [0, 0.1) is 6.92 Å². The van der Waals surface area contributed by atoms with Crippen LogP contribution in [0.2, 0.25) is 0 Å². The Balaban J connectivity index is 3.55. The van der Waals surface area contributed by atoms with Gasteiger partial charge < -0.3 is 4.74 Å². The minimum Gasteiger partial charge on any atom is -0.496 e. The van der Waals surface area contributed by atoms with E-state index in [0.717, 1.165) is 11.1 Å². The molecule has 0 unspecified atom stereocenters. The third kappa shape index (κ3) is 2.43. The van der Waals surface area contributed by atoms with Crippen LogP contribution < -0.4 is 4.74 Å². The van der Waals surface area contributed by atoms with Crippen molar-refractivity contribution in [2.24, 2.45) is 0 Å². The van der Waals surface area contributed by atoms with E-state index in [1.165, 1.54) is 0 Å². The number of methoxy groups -OCH3 is 1. The number of ether oxygens (including phenoxy) is 1. The summed E-state index contributed by atoms with van der Waals surface area (Å²) in [5.74, 6) is 0.761. The molecular weight excluding hydrogens is 200 g/mol. The molecule has 0 spiro atoms. The van der Waals surface area contributed by atoms with Gasteiger partial charge in [-0.25, -0.2) is 0 Å². The van der Waals surface area contributed by atoms with Gasteiger partial charge in [-0.05, 0) is 30.9 Å². The summed E-state index contributed by atoms with van der Waals surface area (Å²) in [6.07, 6.45) is 0. The van der Waals surface area contributed by atoms with E-state index in [0.29, 0.717) is 11.3 Å². The van der Waals surface area contributed by atoms with E-state index in [1.54, 1.807) is 14.0 Å². The number of benzene rings is 1. The fraction of sp³-hybridized carbons (Fsp3) is 0.500. The van der Waals surface area contributed by atoms with Crippen molar-refractivity contribution in [1.82, 2.24) is 0 Å². The van der Waals surface area contributed by atoms with Crippen LogP contribution in [-0.4, -0.2) is 12.9 Å². The van der Waals surface area contributed by atoms with Crippen molar-refractivity contribution in [1.29, 1.82) is 0 Å². The molecule has 1 aromatic rings. The Morgan fingerprint density at radius 1 is 1.25 bits per heavy atom. The number of rotatable bonds is 2. The molecule has 0 radical (unpaired) electrons. The molecule has 88 valence electrons. The lowest BCUT2D eigenvalue weighted by Crippen LogP contribution is -2.15. The molecule has 0 heterocycles. The molecule has 0 fully saturated rings. The lowest BCUT2D eigenvalue weighted by molar-refractivity contribution is 0.101. The van der Waals surface area contributed by atoms with Crippen LogP contribution in [-0.2, 0) is 5.41 Å². The summed E-state index contributed by atoms with van der Waals surface area (Å²) < 4.78 is 5.40. The minimum atomic E-state index is -0.0262. The van der Waals surface area contributed by atoms with Crippen LogP contribution in [0.1, 0.15) is 49.2 Å². The third-order valence-electron chi connectivity index (χ3n) is 2.62. The Morgan fingerprint density at radius 2 is 1.81 bits per heavy atom. The zero-order valence-electron chi connectivity index (χ0n) is 11.0. The quantitative estimate of drug-likeness (QED) is 0.713. The number of carbonyl (C=O) groups excluding carboxylic acids is 1. The molecule has 0 atom stereocenters. The first kappa shape index (κ1) is 12.8. The largest absolute Gasteiger partial charge is 0.496 e. The van der Waals surface area contributed by atoms with Crippen LogP contribution >= 0.6 is 0 Å². The Labute approximate surface area is 97.6 Å². The van der Waals surface area contributed by atoms with Gasteiger partial charge in [-0.1, -0.05) is 26.8 Å². The second-order valence-electron chi connectivity index (χ2n) is 5.20. The molecule has 0 aromatic heterocycles. The van der Waals surface area contributed by atoms with Gasteiger partial charge in [-0.15, -0.1) is 0 Å². The minimum absolute atomic E-state index is 0.0262. The van der Waals surface area contributed by atoms with Crippen LogP contribution in [0.3, 0.4) is 0 Å². The van der Waals surface area contributed by atoms with Crippen LogP contribution in [0.4, 0.5) is 0 Å². The van der Waals surface area contributed by atoms with E-state index < -0.39 is 0 Å². The summed E-state index contributed by atoms with van der Waals surface area (Å²) in [4.78, 5) is 11.6. The average molecular weight is 220 g/mol. The van der Waals surface area contributed by atoms with Crippen LogP contribution in [0.5, 0.6) is 5.75 Å². The number of aryl methyl sites for hydroxylation is 1. The van der Waals surface area contributed by atoms with Crippen LogP contribution in [0.15, 0.2) is 12.1 Å². The van der Waals surface area contributed by atoms with Crippen molar-refractivity contribution >= 4 is 5.78 Å². The van der Waals surface area contributed by atoms with E-state index in [2.05, 4.69) is 26.8 Å². The fourth-order valence-electron chi connectivity index (χ4n) is 1.81. The maximum absolute atomic E-state index is 11.6. The normalized spacial score (nSPS) is 11.4. The average Bonchev–Trinajstić information content (AvgIpc) is 2.14.